The van der Waals surface area contributed by atoms with E-state index < -0.39 is 45.3 Å². The highest BCUT2D eigenvalue weighted by Gasteiger charge is 2.48. The molecule has 0 aromatic heterocycles. The lowest BCUT2D eigenvalue weighted by Crippen LogP contribution is -2.54. The number of hydrogen-bond donors (Lipinski definition) is 2. The molecule has 1 saturated carbocycles. The van der Waals surface area contributed by atoms with Gasteiger partial charge < -0.3 is 5.32 Å². The average molecular weight is 520 g/mol. The summed E-state index contributed by atoms with van der Waals surface area (Å²) in [5.74, 6) is -2.03. The maximum atomic E-state index is 13.9. The van der Waals surface area contributed by atoms with Gasteiger partial charge in [0, 0.05) is 0 Å². The number of rotatable bonds is 8. The third-order valence-corrected chi connectivity index (χ3v) is 7.59. The monoisotopic (exact) mass is 519 g/mol. The van der Waals surface area contributed by atoms with E-state index in [0.717, 1.165) is 12.1 Å². The van der Waals surface area contributed by atoms with Crippen molar-refractivity contribution in [2.24, 2.45) is 0 Å². The molecule has 12 heteroatoms. The van der Waals surface area contributed by atoms with Crippen molar-refractivity contribution in [2.45, 2.75) is 41.5 Å². The van der Waals surface area contributed by atoms with Crippen molar-refractivity contribution in [1.29, 1.82) is 5.26 Å². The van der Waals surface area contributed by atoms with E-state index in [9.17, 15) is 31.6 Å². The Bertz CT molecular complexity index is 1180. The molecule has 1 aliphatic rings. The van der Waals surface area contributed by atoms with Crippen LogP contribution in [-0.4, -0.2) is 37.8 Å². The van der Waals surface area contributed by atoms with E-state index in [1.54, 1.807) is 0 Å². The third kappa shape index (κ3) is 6.18. The number of nitrogens with one attached hydrogen (secondary N) is 2. The number of benzene rings is 2. The van der Waals surface area contributed by atoms with Crippen LogP contribution in [0.15, 0.2) is 53.4 Å². The number of nitrogens with zero attached hydrogens (tertiary/aromatic N) is 1. The largest absolute Gasteiger partial charge is 0.407 e. The highest BCUT2D eigenvalue weighted by Crippen LogP contribution is 2.36. The predicted octanol–water partition coefficient (Wildman–Crippen LogP) is 4.20. The fourth-order valence-electron chi connectivity index (χ4n) is 3.12. The van der Waals surface area contributed by atoms with Gasteiger partial charge in [0.25, 0.3) is 0 Å². The van der Waals surface area contributed by atoms with Gasteiger partial charge in [0.2, 0.25) is 5.91 Å². The molecular formula is C21H18Cl2F3N3O3S. The Morgan fingerprint density at radius 2 is 1.76 bits per heavy atom. The van der Waals surface area contributed by atoms with E-state index in [4.69, 9.17) is 23.2 Å². The van der Waals surface area contributed by atoms with Crippen LogP contribution < -0.4 is 10.6 Å². The van der Waals surface area contributed by atoms with Crippen molar-refractivity contribution in [3.05, 3.63) is 64.1 Å². The van der Waals surface area contributed by atoms with Gasteiger partial charge in [0.1, 0.15) is 17.6 Å². The van der Waals surface area contributed by atoms with Crippen LogP contribution in [0.1, 0.15) is 24.4 Å². The van der Waals surface area contributed by atoms with Gasteiger partial charge >= 0.3 is 6.18 Å². The van der Waals surface area contributed by atoms with Gasteiger partial charge in [-0.1, -0.05) is 53.5 Å². The maximum absolute atomic E-state index is 13.9. The molecule has 2 aromatic rings. The van der Waals surface area contributed by atoms with E-state index in [1.165, 1.54) is 36.4 Å². The second-order valence-corrected chi connectivity index (χ2v) is 10.5. The van der Waals surface area contributed by atoms with Gasteiger partial charge in [-0.3, -0.25) is 10.1 Å². The van der Waals surface area contributed by atoms with Crippen molar-refractivity contribution in [2.75, 3.05) is 5.75 Å². The average Bonchev–Trinajstić information content (AvgIpc) is 3.52. The quantitative estimate of drug-likeness (QED) is 0.544. The summed E-state index contributed by atoms with van der Waals surface area (Å²) in [5.41, 5.74) is -1.40. The van der Waals surface area contributed by atoms with Crippen LogP contribution in [0.5, 0.6) is 0 Å². The molecule has 0 spiro atoms. The number of nitriles is 1. The molecule has 0 heterocycles. The van der Waals surface area contributed by atoms with Gasteiger partial charge in [-0.25, -0.2) is 8.42 Å². The highest BCUT2D eigenvalue weighted by molar-refractivity contribution is 7.91. The Kier molecular flexibility index (Phi) is 7.29. The number of carbonyl (C=O) groups is 1. The molecule has 33 heavy (non-hydrogen) atoms. The molecule has 3 rings (SSSR count). The Morgan fingerprint density at radius 3 is 2.27 bits per heavy atom. The number of sulfone groups is 1. The van der Waals surface area contributed by atoms with Gasteiger partial charge in [0.15, 0.2) is 9.84 Å². The number of hydrogen-bond acceptors (Lipinski definition) is 5. The number of halogens is 5. The summed E-state index contributed by atoms with van der Waals surface area (Å²) in [5, 5.41) is 13.8. The molecule has 176 valence electrons. The van der Waals surface area contributed by atoms with Gasteiger partial charge in [-0.05, 0) is 36.6 Å². The molecule has 1 fully saturated rings. The zero-order valence-corrected chi connectivity index (χ0v) is 19.2. The molecule has 0 radical (unpaired) electrons. The molecule has 2 aromatic carbocycles. The first kappa shape index (κ1) is 25.3. The summed E-state index contributed by atoms with van der Waals surface area (Å²) in [6.45, 7) is 0. The smallest absolute Gasteiger partial charge is 0.336 e. The van der Waals surface area contributed by atoms with E-state index in [0.29, 0.717) is 12.8 Å². The minimum Gasteiger partial charge on any atom is -0.336 e. The van der Waals surface area contributed by atoms with E-state index in [2.05, 4.69) is 10.6 Å². The lowest BCUT2D eigenvalue weighted by Gasteiger charge is -2.28. The first-order valence-corrected chi connectivity index (χ1v) is 12.1. The Balaban J connectivity index is 1.95. The van der Waals surface area contributed by atoms with E-state index >= 15 is 0 Å². The van der Waals surface area contributed by atoms with Crippen LogP contribution in [0.4, 0.5) is 13.2 Å². The molecule has 6 nitrogen and oxygen atoms in total. The number of amides is 1. The Morgan fingerprint density at radius 1 is 1.12 bits per heavy atom. The molecule has 0 unspecified atom stereocenters. The lowest BCUT2D eigenvalue weighted by atomic mass is 10.1. The fraction of sp³-hybridized carbons (Fsp3) is 0.333. The van der Waals surface area contributed by atoms with Crippen LogP contribution in [0, 0.1) is 11.3 Å². The topological polar surface area (TPSA) is 99.1 Å². The van der Waals surface area contributed by atoms with Crippen LogP contribution in [0.2, 0.25) is 10.0 Å². The minimum absolute atomic E-state index is 0.0643. The van der Waals surface area contributed by atoms with Crippen molar-refractivity contribution in [3.8, 4) is 6.07 Å². The molecule has 2 atom stereocenters. The summed E-state index contributed by atoms with van der Waals surface area (Å²) in [6.07, 6.45) is -4.19. The van der Waals surface area contributed by atoms with E-state index in [-0.39, 0.29) is 20.5 Å². The van der Waals surface area contributed by atoms with Crippen molar-refractivity contribution in [3.63, 3.8) is 0 Å². The summed E-state index contributed by atoms with van der Waals surface area (Å²) in [6, 6.07) is 7.94. The summed E-state index contributed by atoms with van der Waals surface area (Å²) < 4.78 is 67.5. The molecule has 0 aliphatic heterocycles. The zero-order chi connectivity index (χ0) is 24.4. The SMILES string of the molecule is N#CC1(NC(=O)[C@H](CS(=O)(=O)c2ccc(Cl)c(Cl)c2)N[C@@H](c2ccccc2)C(F)(F)F)CC1. The Hall–Kier alpha value is -2.32. The summed E-state index contributed by atoms with van der Waals surface area (Å²) in [7, 11) is -4.28. The summed E-state index contributed by atoms with van der Waals surface area (Å²) >= 11 is 11.7. The lowest BCUT2D eigenvalue weighted by molar-refractivity contribution is -0.160. The standard InChI is InChI=1S/C21H18Cl2F3N3O3S/c22-15-7-6-14(10-16(15)23)33(31,32)11-17(19(30)29-20(12-27)8-9-20)28-18(21(24,25)26)13-4-2-1-3-5-13/h1-7,10,17-18,28H,8-9,11H2,(H,29,30)/t17-,18-/m0/s1. The first-order valence-electron chi connectivity index (χ1n) is 9.66. The predicted molar refractivity (Wildman–Crippen MR) is 116 cm³/mol. The van der Waals surface area contributed by atoms with E-state index in [1.807, 2.05) is 6.07 Å². The van der Waals surface area contributed by atoms with Gasteiger partial charge in [-0.15, -0.1) is 0 Å². The zero-order valence-electron chi connectivity index (χ0n) is 16.9. The number of alkyl halides is 3. The van der Waals surface area contributed by atoms with Crippen molar-refractivity contribution in [1.82, 2.24) is 10.6 Å². The molecule has 1 amide bonds. The highest BCUT2D eigenvalue weighted by atomic mass is 35.5. The molecule has 1 aliphatic carbocycles. The van der Waals surface area contributed by atoms with Gasteiger partial charge in [0.05, 0.1) is 26.8 Å². The second kappa shape index (κ2) is 9.50. The minimum atomic E-state index is -4.83. The molecule has 2 N–H and O–H groups in total. The maximum Gasteiger partial charge on any atom is 0.407 e. The van der Waals surface area contributed by atoms with Crippen LogP contribution >= 0.6 is 23.2 Å². The molecular weight excluding hydrogens is 502 g/mol. The summed E-state index contributed by atoms with van der Waals surface area (Å²) in [4.78, 5) is 12.6. The second-order valence-electron chi connectivity index (χ2n) is 7.65. The third-order valence-electron chi connectivity index (χ3n) is 5.11. The van der Waals surface area contributed by atoms with Crippen LogP contribution in [0.25, 0.3) is 0 Å². The molecule has 0 saturated heterocycles. The first-order chi connectivity index (χ1) is 15.4. The van der Waals surface area contributed by atoms with Gasteiger partial charge in [-0.2, -0.15) is 18.4 Å². The van der Waals surface area contributed by atoms with Crippen molar-refractivity contribution >= 4 is 38.9 Å². The number of carbonyl (C=O) groups excluding carboxylic acids is 1. The Labute approximate surface area is 198 Å². The van der Waals surface area contributed by atoms with Crippen molar-refractivity contribution < 1.29 is 26.4 Å². The normalized spacial score (nSPS) is 17.0. The van der Waals surface area contributed by atoms with Crippen LogP contribution in [-0.2, 0) is 14.6 Å². The van der Waals surface area contributed by atoms with Crippen LogP contribution in [0.3, 0.4) is 0 Å². The fourth-order valence-corrected chi connectivity index (χ4v) is 4.94. The molecule has 0 bridgehead atoms.